The van der Waals surface area contributed by atoms with Crippen molar-refractivity contribution in [2.24, 2.45) is 17.8 Å². The fraction of sp³-hybridized carbons (Fsp3) is 0.348. The Morgan fingerprint density at radius 3 is 2.52 bits per heavy atom. The van der Waals surface area contributed by atoms with Gasteiger partial charge in [0, 0.05) is 16.5 Å². The van der Waals surface area contributed by atoms with Gasteiger partial charge in [0.15, 0.2) is 0 Å². The van der Waals surface area contributed by atoms with Gasteiger partial charge in [-0.25, -0.2) is 4.39 Å². The lowest BCUT2D eigenvalue weighted by Crippen LogP contribution is -2.99. The van der Waals surface area contributed by atoms with E-state index in [-0.39, 0.29) is 42.0 Å². The Labute approximate surface area is 183 Å². The maximum atomic E-state index is 13.6. The average molecular weight is 443 g/mol. The van der Waals surface area contributed by atoms with E-state index in [1.165, 1.54) is 17.0 Å². The van der Waals surface area contributed by atoms with Crippen LogP contribution in [0.4, 0.5) is 10.1 Å². The van der Waals surface area contributed by atoms with Gasteiger partial charge in [-0.05, 0) is 35.9 Å². The number of nitrogens with one attached hydrogen (secondary N) is 1. The van der Waals surface area contributed by atoms with Crippen molar-refractivity contribution in [3.05, 3.63) is 64.4 Å². The maximum absolute atomic E-state index is 13.6. The van der Waals surface area contributed by atoms with Crippen LogP contribution in [0.2, 0.25) is 5.02 Å². The summed E-state index contributed by atoms with van der Waals surface area (Å²) in [6, 6.07) is 10.6. The van der Waals surface area contributed by atoms with Crippen molar-refractivity contribution < 1.29 is 24.1 Å². The van der Waals surface area contributed by atoms with Crippen LogP contribution in [0, 0.1) is 23.6 Å². The fourth-order valence-electron chi connectivity index (χ4n) is 5.45. The molecule has 5 rings (SSSR count). The molecule has 1 spiro atoms. The largest absolute Gasteiger partial charge is 0.326 e. The van der Waals surface area contributed by atoms with Crippen LogP contribution in [-0.2, 0) is 26.5 Å². The highest BCUT2D eigenvalue weighted by atomic mass is 35.5. The van der Waals surface area contributed by atoms with Gasteiger partial charge in [-0.3, -0.25) is 19.3 Å². The summed E-state index contributed by atoms with van der Waals surface area (Å²) in [6.07, 6.45) is 0. The molecule has 31 heavy (non-hydrogen) atoms. The zero-order valence-corrected chi connectivity index (χ0v) is 17.8. The van der Waals surface area contributed by atoms with Gasteiger partial charge < -0.3 is 10.6 Å². The number of hydrogen-bond acceptors (Lipinski definition) is 3. The second kappa shape index (κ2) is 6.87. The van der Waals surface area contributed by atoms with Crippen LogP contribution in [-0.4, -0.2) is 28.7 Å². The smallest absolute Gasteiger partial charge is 0.291 e. The number of imide groups is 1. The average Bonchev–Trinajstić information content (AvgIpc) is 3.31. The molecule has 0 aliphatic carbocycles. The molecule has 3 N–H and O–H groups in total. The van der Waals surface area contributed by atoms with Crippen molar-refractivity contribution in [2.45, 2.75) is 32.0 Å². The van der Waals surface area contributed by atoms with Crippen LogP contribution >= 0.6 is 11.6 Å². The molecule has 2 saturated heterocycles. The van der Waals surface area contributed by atoms with E-state index in [1.807, 2.05) is 19.2 Å². The van der Waals surface area contributed by atoms with Gasteiger partial charge in [0.05, 0.1) is 12.2 Å². The van der Waals surface area contributed by atoms with Crippen molar-refractivity contribution in [1.82, 2.24) is 4.90 Å². The Hall–Kier alpha value is -2.77. The Balaban J connectivity index is 1.61. The number of likely N-dealkylation sites (tertiary alicyclic amines) is 1. The van der Waals surface area contributed by atoms with Gasteiger partial charge >= 0.3 is 0 Å². The van der Waals surface area contributed by atoms with Crippen LogP contribution in [0.3, 0.4) is 0 Å². The monoisotopic (exact) mass is 442 g/mol. The van der Waals surface area contributed by atoms with E-state index in [9.17, 15) is 18.8 Å². The highest BCUT2D eigenvalue weighted by molar-refractivity contribution is 6.31. The highest BCUT2D eigenvalue weighted by Crippen LogP contribution is 2.50. The molecule has 2 aromatic rings. The summed E-state index contributed by atoms with van der Waals surface area (Å²) in [5.41, 5.74) is 0.685. The van der Waals surface area contributed by atoms with Crippen LogP contribution in [0.5, 0.6) is 0 Å². The first-order valence-electron chi connectivity index (χ1n) is 10.3. The van der Waals surface area contributed by atoms with Gasteiger partial charge in [0.1, 0.15) is 23.7 Å². The van der Waals surface area contributed by atoms with E-state index in [0.29, 0.717) is 21.8 Å². The predicted octanol–water partition coefficient (Wildman–Crippen LogP) is 2.03. The first kappa shape index (κ1) is 20.2. The number of quaternary nitrogens is 1. The van der Waals surface area contributed by atoms with E-state index in [1.54, 1.807) is 30.3 Å². The minimum Gasteiger partial charge on any atom is -0.326 e. The minimum absolute atomic E-state index is 0.0515. The summed E-state index contributed by atoms with van der Waals surface area (Å²) in [6.45, 7) is 4.03. The number of hydrogen-bond donors (Lipinski definition) is 2. The molecule has 8 heteroatoms. The van der Waals surface area contributed by atoms with Gasteiger partial charge in [-0.15, -0.1) is 0 Å². The summed E-state index contributed by atoms with van der Waals surface area (Å²) >= 11 is 6.24. The summed E-state index contributed by atoms with van der Waals surface area (Å²) < 4.78 is 13.3. The minimum atomic E-state index is -1.23. The Morgan fingerprint density at radius 2 is 1.84 bits per heavy atom. The van der Waals surface area contributed by atoms with E-state index in [2.05, 4.69) is 5.32 Å². The van der Waals surface area contributed by atoms with Crippen LogP contribution in [0.15, 0.2) is 42.5 Å². The van der Waals surface area contributed by atoms with Gasteiger partial charge in [-0.2, -0.15) is 0 Å². The number of nitrogens with zero attached hydrogens (tertiary/aromatic N) is 1. The van der Waals surface area contributed by atoms with E-state index < -0.39 is 17.4 Å². The molecule has 2 fully saturated rings. The molecule has 0 bridgehead atoms. The molecule has 3 aliphatic rings. The quantitative estimate of drug-likeness (QED) is 0.713. The number of carbonyl (C=O) groups excluding carboxylic acids is 3. The van der Waals surface area contributed by atoms with E-state index in [0.717, 1.165) is 0 Å². The predicted molar refractivity (Wildman–Crippen MR) is 111 cm³/mol. The van der Waals surface area contributed by atoms with Crippen molar-refractivity contribution in [2.75, 3.05) is 5.32 Å². The molecule has 0 radical (unpaired) electrons. The zero-order valence-electron chi connectivity index (χ0n) is 17.1. The van der Waals surface area contributed by atoms with E-state index in [4.69, 9.17) is 11.6 Å². The number of amides is 3. The lowest BCUT2D eigenvalue weighted by atomic mass is 9.76. The Kier molecular flexibility index (Phi) is 4.46. The molecule has 6 nitrogen and oxygen atoms in total. The number of nitrogens with two attached hydrogens (primary N) is 1. The lowest BCUT2D eigenvalue weighted by Gasteiger charge is -2.27. The number of carbonyl (C=O) groups is 3. The normalized spacial score (nSPS) is 29.1. The molecule has 0 saturated carbocycles. The Morgan fingerprint density at radius 1 is 1.13 bits per heavy atom. The molecule has 0 aromatic heterocycles. The van der Waals surface area contributed by atoms with Gasteiger partial charge in [0.25, 0.3) is 5.91 Å². The highest BCUT2D eigenvalue weighted by Gasteiger charge is 2.74. The third kappa shape index (κ3) is 2.76. The molecular formula is C23H22ClFN3O3+. The fourth-order valence-corrected chi connectivity index (χ4v) is 5.63. The summed E-state index contributed by atoms with van der Waals surface area (Å²) in [7, 11) is 0. The van der Waals surface area contributed by atoms with Crippen LogP contribution in [0.1, 0.15) is 25.0 Å². The standard InChI is InChI=1S/C23H21ClFN3O3/c1-11(2)19-17-18(21(30)28(20(17)29)10-12-3-6-14(25)7-4-12)23(27-19)15-9-13(24)5-8-16(15)26-22(23)31/h3-9,11,17-19,27H,10H2,1-2H3,(H,26,31)/p+1/t17-,18-,19-,23-/m0/s1. The third-order valence-corrected chi connectivity index (χ3v) is 7.11. The summed E-state index contributed by atoms with van der Waals surface area (Å²) in [5, 5.41) is 5.25. The molecule has 3 heterocycles. The van der Waals surface area contributed by atoms with Crippen LogP contribution in [0.25, 0.3) is 0 Å². The number of benzene rings is 2. The van der Waals surface area contributed by atoms with Crippen molar-refractivity contribution >= 4 is 35.0 Å². The molecule has 2 aromatic carbocycles. The summed E-state index contributed by atoms with van der Waals surface area (Å²) in [4.78, 5) is 41.6. The van der Waals surface area contributed by atoms with Crippen molar-refractivity contribution in [3.63, 3.8) is 0 Å². The Bertz CT molecular complexity index is 1120. The van der Waals surface area contributed by atoms with Gasteiger partial charge in [0.2, 0.25) is 17.4 Å². The number of halogens is 2. The zero-order chi connectivity index (χ0) is 22.1. The second-order valence-electron chi connectivity index (χ2n) is 8.89. The summed E-state index contributed by atoms with van der Waals surface area (Å²) in [5.74, 6) is -2.73. The molecule has 160 valence electrons. The first-order valence-corrected chi connectivity index (χ1v) is 10.7. The van der Waals surface area contributed by atoms with Crippen molar-refractivity contribution in [3.8, 4) is 0 Å². The molecule has 3 aliphatic heterocycles. The molecule has 4 atom stereocenters. The topological polar surface area (TPSA) is 83.1 Å². The number of rotatable bonds is 3. The van der Waals surface area contributed by atoms with E-state index >= 15 is 0 Å². The van der Waals surface area contributed by atoms with Gasteiger partial charge in [-0.1, -0.05) is 37.6 Å². The SMILES string of the molecule is CC(C)[C@@H]1[NH2+][C@]2(C(=O)Nc3ccc(Cl)cc32)[C@@H]2C(=O)N(Cc3ccc(F)cc3)C(=O)[C@@H]21. The maximum Gasteiger partial charge on any atom is 0.291 e. The number of fused-ring (bicyclic) bond motifs is 4. The number of anilines is 1. The molecular weight excluding hydrogens is 421 g/mol. The first-order chi connectivity index (χ1) is 14.7. The lowest BCUT2D eigenvalue weighted by molar-refractivity contribution is -0.738. The molecule has 3 amide bonds. The van der Waals surface area contributed by atoms with Crippen LogP contribution < -0.4 is 10.6 Å². The van der Waals surface area contributed by atoms with Crippen molar-refractivity contribution in [1.29, 1.82) is 0 Å². The second-order valence-corrected chi connectivity index (χ2v) is 9.33. The molecule has 0 unspecified atom stereocenters. The third-order valence-electron chi connectivity index (χ3n) is 6.88.